The molecular weight excluding hydrogens is 214 g/mol. The highest BCUT2D eigenvalue weighted by molar-refractivity contribution is 7.85. The minimum Gasteiger partial charge on any atom is -0.744 e. The number of hydrogen-bond donors (Lipinski definition) is 0. The van der Waals surface area contributed by atoms with E-state index in [1.54, 1.807) is 14.1 Å². The summed E-state index contributed by atoms with van der Waals surface area (Å²) >= 11 is 0. The van der Waals surface area contributed by atoms with E-state index in [-0.39, 0.29) is 32.6 Å². The molecule has 0 radical (unpaired) electrons. The van der Waals surface area contributed by atoms with Crippen molar-refractivity contribution in [1.82, 2.24) is 0 Å². The third-order valence-corrected chi connectivity index (χ3v) is 2.36. The maximum atomic E-state index is 10.4. The molecule has 0 rings (SSSR count). The zero-order chi connectivity index (χ0) is 9.83. The van der Waals surface area contributed by atoms with Crippen LogP contribution in [0.3, 0.4) is 0 Å². The Kier molecular flexibility index (Phi) is 14.2. The van der Waals surface area contributed by atoms with Crippen LogP contribution in [0.15, 0.2) is 12.2 Å². The van der Waals surface area contributed by atoms with Crippen LogP contribution in [0, 0.1) is 0 Å². The Bertz CT molecular complexity index is 256. The van der Waals surface area contributed by atoms with Crippen LogP contribution in [-0.2, 0) is 10.1 Å². The zero-order valence-electron chi connectivity index (χ0n) is 7.65. The average Bonchev–Trinajstić information content (AvgIpc) is 1.78. The van der Waals surface area contributed by atoms with Gasteiger partial charge in [0.1, 0.15) is 10.1 Å². The second-order valence-electron chi connectivity index (χ2n) is 3.37. The molecule has 0 spiro atoms. The Morgan fingerprint density at radius 1 is 1.20 bits per heavy atom. The first kappa shape index (κ1) is 24.0. The lowest BCUT2D eigenvalue weighted by molar-refractivity contribution is -0.872. The van der Waals surface area contributed by atoms with Crippen LogP contribution < -0.4 is 0 Å². The molecule has 0 saturated carbocycles. The summed E-state index contributed by atoms with van der Waals surface area (Å²) in [4.78, 5) is 0. The van der Waals surface area contributed by atoms with Crippen molar-refractivity contribution >= 4 is 10.1 Å². The van der Waals surface area contributed by atoms with Gasteiger partial charge in [-0.3, -0.25) is 0 Å². The lowest BCUT2D eigenvalue weighted by atomic mass is 10.4. The SMILES string of the molecule is C.C.C.C/C=C\C[N+](C)(C)CS(=O)(=O)[O-]. The monoisotopic (exact) mass is 241 g/mol. The van der Waals surface area contributed by atoms with Crippen LogP contribution >= 0.6 is 0 Å². The van der Waals surface area contributed by atoms with Gasteiger partial charge in [0.2, 0.25) is 0 Å². The van der Waals surface area contributed by atoms with Gasteiger partial charge in [0.25, 0.3) is 0 Å². The second-order valence-corrected chi connectivity index (χ2v) is 4.75. The molecule has 5 heteroatoms. The fourth-order valence-electron chi connectivity index (χ4n) is 0.871. The summed E-state index contributed by atoms with van der Waals surface area (Å²) in [5.41, 5.74) is 0. The first-order chi connectivity index (χ1) is 5.27. The molecule has 0 aliphatic heterocycles. The molecule has 0 N–H and O–H groups in total. The maximum absolute atomic E-state index is 10.4. The molecule has 0 amide bonds. The predicted octanol–water partition coefficient (Wildman–Crippen LogP) is 2.05. The van der Waals surface area contributed by atoms with E-state index in [9.17, 15) is 13.0 Å². The summed E-state index contributed by atoms with van der Waals surface area (Å²) in [5, 5.41) is 0. The lowest BCUT2D eigenvalue weighted by Crippen LogP contribution is -2.43. The Hall–Kier alpha value is -0.390. The van der Waals surface area contributed by atoms with Crippen molar-refractivity contribution in [2.45, 2.75) is 29.2 Å². The predicted molar refractivity (Wildman–Crippen MR) is 66.5 cm³/mol. The van der Waals surface area contributed by atoms with E-state index in [0.717, 1.165) is 0 Å². The third-order valence-electron chi connectivity index (χ3n) is 1.34. The second kappa shape index (κ2) is 8.88. The summed E-state index contributed by atoms with van der Waals surface area (Å²) in [6.07, 6.45) is 3.67. The number of allylic oxidation sites excluding steroid dienone is 1. The van der Waals surface area contributed by atoms with Crippen LogP contribution in [0.5, 0.6) is 0 Å². The summed E-state index contributed by atoms with van der Waals surface area (Å²) < 4.78 is 31.4. The molecule has 0 aromatic carbocycles. The highest BCUT2D eigenvalue weighted by atomic mass is 32.2. The first-order valence-electron chi connectivity index (χ1n) is 3.63. The highest BCUT2D eigenvalue weighted by Gasteiger charge is 2.16. The number of rotatable bonds is 4. The maximum Gasteiger partial charge on any atom is 0.169 e. The van der Waals surface area contributed by atoms with Crippen LogP contribution in [0.4, 0.5) is 0 Å². The van der Waals surface area contributed by atoms with Gasteiger partial charge in [-0.1, -0.05) is 28.4 Å². The van der Waals surface area contributed by atoms with Gasteiger partial charge in [0.15, 0.2) is 5.88 Å². The molecule has 0 atom stereocenters. The third kappa shape index (κ3) is 16.3. The largest absolute Gasteiger partial charge is 0.744 e. The van der Waals surface area contributed by atoms with Crippen molar-refractivity contribution in [1.29, 1.82) is 0 Å². The summed E-state index contributed by atoms with van der Waals surface area (Å²) in [6.45, 7) is 2.41. The summed E-state index contributed by atoms with van der Waals surface area (Å²) in [5.74, 6) is -0.364. The van der Waals surface area contributed by atoms with Crippen molar-refractivity contribution in [2.75, 3.05) is 26.5 Å². The minimum absolute atomic E-state index is 0. The molecule has 0 aliphatic rings. The molecule has 4 nitrogen and oxygen atoms in total. The van der Waals surface area contributed by atoms with Crippen molar-refractivity contribution in [3.63, 3.8) is 0 Å². The van der Waals surface area contributed by atoms with E-state index in [0.29, 0.717) is 6.54 Å². The molecule has 0 unspecified atom stereocenters. The Balaban J connectivity index is -0.000000202. The Labute approximate surface area is 96.0 Å². The highest BCUT2D eigenvalue weighted by Crippen LogP contribution is 2.00. The van der Waals surface area contributed by atoms with Gasteiger partial charge in [-0.15, -0.1) is 0 Å². The van der Waals surface area contributed by atoms with E-state index in [1.165, 1.54) is 0 Å². The standard InChI is InChI=1S/C7H15NO3S.3CH4/c1-4-5-6-8(2,3)7-12(9,10)11;;;/h4-5H,6-7H2,1-3H3;3*1H4/b5-4-;;;. The molecule has 0 bridgehead atoms. The van der Waals surface area contributed by atoms with Crippen LogP contribution in [-0.4, -0.2) is 44.0 Å². The average molecular weight is 241 g/mol. The van der Waals surface area contributed by atoms with Gasteiger partial charge in [0, 0.05) is 0 Å². The number of nitrogens with zero attached hydrogens (tertiary/aromatic N) is 1. The fraction of sp³-hybridized carbons (Fsp3) is 0.800. The van der Waals surface area contributed by atoms with Crippen LogP contribution in [0.25, 0.3) is 0 Å². The number of hydrogen-bond acceptors (Lipinski definition) is 3. The van der Waals surface area contributed by atoms with Gasteiger partial charge in [-0.25, -0.2) is 8.42 Å². The minimum atomic E-state index is -4.12. The molecule has 0 aromatic rings. The Morgan fingerprint density at radius 2 is 1.60 bits per heavy atom. The van der Waals surface area contributed by atoms with Gasteiger partial charge in [0.05, 0.1) is 20.6 Å². The molecule has 0 aliphatic carbocycles. The van der Waals surface area contributed by atoms with Crippen molar-refractivity contribution in [3.05, 3.63) is 12.2 Å². The Morgan fingerprint density at radius 3 is 1.87 bits per heavy atom. The molecular formula is C10H27NO3S. The zero-order valence-corrected chi connectivity index (χ0v) is 8.47. The van der Waals surface area contributed by atoms with E-state index in [2.05, 4.69) is 0 Å². The van der Waals surface area contributed by atoms with Crippen molar-refractivity contribution in [2.24, 2.45) is 0 Å². The molecule has 0 saturated heterocycles. The van der Waals surface area contributed by atoms with Crippen LogP contribution in [0.1, 0.15) is 29.2 Å². The van der Waals surface area contributed by atoms with Gasteiger partial charge >= 0.3 is 0 Å². The van der Waals surface area contributed by atoms with E-state index in [4.69, 9.17) is 0 Å². The molecule has 96 valence electrons. The number of quaternary nitrogens is 1. The van der Waals surface area contributed by atoms with E-state index >= 15 is 0 Å². The number of likely N-dealkylation sites (N-methyl/N-ethyl adjacent to an activating group) is 1. The van der Waals surface area contributed by atoms with E-state index < -0.39 is 10.1 Å². The molecule has 0 fully saturated rings. The van der Waals surface area contributed by atoms with Crippen LogP contribution in [0.2, 0.25) is 0 Å². The smallest absolute Gasteiger partial charge is 0.169 e. The summed E-state index contributed by atoms with van der Waals surface area (Å²) in [7, 11) is -0.716. The van der Waals surface area contributed by atoms with Gasteiger partial charge in [-0.05, 0) is 13.0 Å². The fourth-order valence-corrected chi connectivity index (χ4v) is 1.83. The van der Waals surface area contributed by atoms with Gasteiger partial charge < -0.3 is 9.04 Å². The normalized spacial score (nSPS) is 11.2. The van der Waals surface area contributed by atoms with Gasteiger partial charge in [-0.2, -0.15) is 0 Å². The molecule has 0 heterocycles. The van der Waals surface area contributed by atoms with Crippen molar-refractivity contribution < 1.29 is 17.5 Å². The van der Waals surface area contributed by atoms with E-state index in [1.807, 2.05) is 19.1 Å². The quantitative estimate of drug-likeness (QED) is 0.430. The lowest BCUT2D eigenvalue weighted by Gasteiger charge is -2.29. The first-order valence-corrected chi connectivity index (χ1v) is 5.21. The summed E-state index contributed by atoms with van der Waals surface area (Å²) in [6, 6.07) is 0. The molecule has 0 aromatic heterocycles. The van der Waals surface area contributed by atoms with Crippen molar-refractivity contribution in [3.8, 4) is 0 Å². The topological polar surface area (TPSA) is 57.2 Å². The molecule has 15 heavy (non-hydrogen) atoms.